The zero-order valence-corrected chi connectivity index (χ0v) is 12.5. The van der Waals surface area contributed by atoms with Crippen molar-refractivity contribution in [3.8, 4) is 0 Å². The van der Waals surface area contributed by atoms with E-state index in [-0.39, 0.29) is 5.91 Å². The molecule has 1 saturated heterocycles. The number of ether oxygens (including phenoxy) is 1. The molecular formula is C16H22N2O3. The van der Waals surface area contributed by atoms with Crippen LogP contribution in [0.5, 0.6) is 0 Å². The highest BCUT2D eigenvalue weighted by Gasteiger charge is 2.27. The van der Waals surface area contributed by atoms with Crippen molar-refractivity contribution in [2.24, 2.45) is 5.73 Å². The molecule has 21 heavy (non-hydrogen) atoms. The minimum absolute atomic E-state index is 0.250. The van der Waals surface area contributed by atoms with E-state index in [0.29, 0.717) is 19.4 Å². The van der Waals surface area contributed by atoms with Crippen LogP contribution < -0.4 is 11.1 Å². The predicted octanol–water partition coefficient (Wildman–Crippen LogP) is 0.995. The number of rotatable bonds is 5. The average molecular weight is 290 g/mol. The van der Waals surface area contributed by atoms with E-state index in [1.54, 1.807) is 0 Å². The van der Waals surface area contributed by atoms with Gasteiger partial charge in [-0.15, -0.1) is 0 Å². The van der Waals surface area contributed by atoms with Crippen LogP contribution in [0.15, 0.2) is 18.2 Å². The van der Waals surface area contributed by atoms with Crippen LogP contribution in [0.3, 0.4) is 0 Å². The van der Waals surface area contributed by atoms with E-state index in [1.807, 2.05) is 32.0 Å². The molecule has 0 unspecified atom stereocenters. The summed E-state index contributed by atoms with van der Waals surface area (Å²) in [5.74, 6) is -0.778. The number of carbonyl (C=O) groups is 2. The minimum Gasteiger partial charge on any atom is -0.368 e. The van der Waals surface area contributed by atoms with Gasteiger partial charge >= 0.3 is 0 Å². The van der Waals surface area contributed by atoms with E-state index in [4.69, 9.17) is 10.5 Å². The fourth-order valence-electron chi connectivity index (χ4n) is 2.44. The molecule has 0 bridgehead atoms. The van der Waals surface area contributed by atoms with E-state index in [9.17, 15) is 9.59 Å². The zero-order chi connectivity index (χ0) is 15.4. The van der Waals surface area contributed by atoms with Crippen LogP contribution in [0.4, 0.5) is 0 Å². The van der Waals surface area contributed by atoms with Crippen molar-refractivity contribution in [2.45, 2.75) is 45.3 Å². The van der Waals surface area contributed by atoms with E-state index < -0.39 is 18.1 Å². The Hall–Kier alpha value is -1.88. The topological polar surface area (TPSA) is 81.4 Å². The summed E-state index contributed by atoms with van der Waals surface area (Å²) in [4.78, 5) is 23.6. The molecular weight excluding hydrogens is 268 g/mol. The number of primary amides is 1. The van der Waals surface area contributed by atoms with Crippen molar-refractivity contribution in [3.63, 3.8) is 0 Å². The van der Waals surface area contributed by atoms with Gasteiger partial charge in [0.25, 0.3) is 0 Å². The van der Waals surface area contributed by atoms with Gasteiger partial charge in [0.1, 0.15) is 12.1 Å². The Morgan fingerprint density at radius 3 is 2.71 bits per heavy atom. The molecule has 1 aromatic carbocycles. The summed E-state index contributed by atoms with van der Waals surface area (Å²) in [5, 5.41) is 2.70. The van der Waals surface area contributed by atoms with Crippen molar-refractivity contribution in [2.75, 3.05) is 6.61 Å². The second-order valence-electron chi connectivity index (χ2n) is 5.59. The fourth-order valence-corrected chi connectivity index (χ4v) is 2.44. The number of hydrogen-bond acceptors (Lipinski definition) is 3. The first-order chi connectivity index (χ1) is 9.97. The maximum absolute atomic E-state index is 12.0. The number of aryl methyl sites for hydroxylation is 2. The number of benzene rings is 1. The highest BCUT2D eigenvalue weighted by atomic mass is 16.5. The average Bonchev–Trinajstić information content (AvgIpc) is 2.96. The van der Waals surface area contributed by atoms with E-state index in [1.165, 1.54) is 5.56 Å². The van der Waals surface area contributed by atoms with Gasteiger partial charge in [-0.25, -0.2) is 0 Å². The monoisotopic (exact) mass is 290 g/mol. The Morgan fingerprint density at radius 2 is 2.14 bits per heavy atom. The summed E-state index contributed by atoms with van der Waals surface area (Å²) in [5.41, 5.74) is 8.73. The van der Waals surface area contributed by atoms with E-state index >= 15 is 0 Å². The highest BCUT2D eigenvalue weighted by molar-refractivity contribution is 5.88. The first kappa shape index (κ1) is 15.5. The minimum atomic E-state index is -0.705. The Kier molecular flexibility index (Phi) is 4.96. The molecule has 1 aromatic rings. The Bertz CT molecular complexity index is 536. The van der Waals surface area contributed by atoms with E-state index in [0.717, 1.165) is 17.5 Å². The Labute approximate surface area is 124 Å². The van der Waals surface area contributed by atoms with Crippen molar-refractivity contribution >= 4 is 11.8 Å². The summed E-state index contributed by atoms with van der Waals surface area (Å²) in [7, 11) is 0. The highest BCUT2D eigenvalue weighted by Crippen LogP contribution is 2.14. The third-order valence-corrected chi connectivity index (χ3v) is 3.89. The molecule has 2 rings (SSSR count). The molecule has 1 aliphatic rings. The van der Waals surface area contributed by atoms with Gasteiger partial charge < -0.3 is 15.8 Å². The molecule has 0 spiro atoms. The van der Waals surface area contributed by atoms with Gasteiger partial charge in [-0.1, -0.05) is 18.2 Å². The van der Waals surface area contributed by atoms with Crippen LogP contribution >= 0.6 is 0 Å². The molecule has 2 amide bonds. The first-order valence-corrected chi connectivity index (χ1v) is 7.25. The lowest BCUT2D eigenvalue weighted by atomic mass is 10.0. The number of amides is 2. The van der Waals surface area contributed by atoms with Gasteiger partial charge in [-0.2, -0.15) is 0 Å². The number of hydrogen-bond donors (Lipinski definition) is 2. The molecule has 0 aromatic heterocycles. The number of nitrogens with two attached hydrogens (primary N) is 1. The molecule has 0 aliphatic carbocycles. The van der Waals surface area contributed by atoms with Gasteiger partial charge in [0, 0.05) is 13.0 Å². The molecule has 0 radical (unpaired) electrons. The molecule has 1 aliphatic heterocycles. The van der Waals surface area contributed by atoms with Crippen molar-refractivity contribution in [1.29, 1.82) is 0 Å². The van der Waals surface area contributed by atoms with Crippen LogP contribution in [0.25, 0.3) is 0 Å². The lowest BCUT2D eigenvalue weighted by Gasteiger charge is -2.18. The lowest BCUT2D eigenvalue weighted by molar-refractivity contribution is -0.133. The smallest absolute Gasteiger partial charge is 0.249 e. The Balaban J connectivity index is 2.03. The third kappa shape index (κ3) is 4.04. The SMILES string of the molecule is Cc1ccc(C[C@@H](NC(=O)[C@@H]2CCCO2)C(N)=O)cc1C. The molecule has 5 nitrogen and oxygen atoms in total. The van der Waals surface area contributed by atoms with Crippen LogP contribution in [-0.2, 0) is 20.7 Å². The van der Waals surface area contributed by atoms with Crippen molar-refractivity contribution < 1.29 is 14.3 Å². The molecule has 114 valence electrons. The molecule has 2 atom stereocenters. The van der Waals surface area contributed by atoms with E-state index in [2.05, 4.69) is 5.32 Å². The van der Waals surface area contributed by atoms with Gasteiger partial charge in [0.2, 0.25) is 11.8 Å². The van der Waals surface area contributed by atoms with Crippen LogP contribution in [0.2, 0.25) is 0 Å². The van der Waals surface area contributed by atoms with Crippen molar-refractivity contribution in [3.05, 3.63) is 34.9 Å². The Morgan fingerprint density at radius 1 is 1.38 bits per heavy atom. The predicted molar refractivity (Wildman–Crippen MR) is 79.7 cm³/mol. The fraction of sp³-hybridized carbons (Fsp3) is 0.500. The third-order valence-electron chi connectivity index (χ3n) is 3.89. The van der Waals surface area contributed by atoms with Crippen LogP contribution in [0, 0.1) is 13.8 Å². The molecule has 1 fully saturated rings. The van der Waals surface area contributed by atoms with Gasteiger partial charge in [-0.3, -0.25) is 9.59 Å². The molecule has 3 N–H and O–H groups in total. The molecule has 5 heteroatoms. The zero-order valence-electron chi connectivity index (χ0n) is 12.5. The first-order valence-electron chi connectivity index (χ1n) is 7.25. The molecule has 1 heterocycles. The second kappa shape index (κ2) is 6.72. The number of nitrogens with one attached hydrogen (secondary N) is 1. The summed E-state index contributed by atoms with van der Waals surface area (Å²) in [6.45, 7) is 4.64. The summed E-state index contributed by atoms with van der Waals surface area (Å²) >= 11 is 0. The standard InChI is InChI=1S/C16H22N2O3/c1-10-5-6-12(8-11(10)2)9-13(15(17)19)18-16(20)14-4-3-7-21-14/h5-6,8,13-14H,3-4,7,9H2,1-2H3,(H2,17,19)(H,18,20)/t13-,14+/m1/s1. The summed E-state index contributed by atoms with van der Waals surface area (Å²) in [6, 6.07) is 5.27. The second-order valence-corrected chi connectivity index (χ2v) is 5.59. The lowest BCUT2D eigenvalue weighted by Crippen LogP contribution is -2.49. The van der Waals surface area contributed by atoms with Gasteiger partial charge in [0.15, 0.2) is 0 Å². The summed E-state index contributed by atoms with van der Waals surface area (Å²) < 4.78 is 5.32. The normalized spacial score (nSPS) is 19.2. The van der Waals surface area contributed by atoms with Gasteiger partial charge in [-0.05, 0) is 43.4 Å². The molecule has 0 saturated carbocycles. The van der Waals surface area contributed by atoms with Crippen molar-refractivity contribution in [1.82, 2.24) is 5.32 Å². The van der Waals surface area contributed by atoms with Crippen LogP contribution in [0.1, 0.15) is 29.5 Å². The maximum Gasteiger partial charge on any atom is 0.249 e. The van der Waals surface area contributed by atoms with Crippen LogP contribution in [-0.4, -0.2) is 30.6 Å². The summed E-state index contributed by atoms with van der Waals surface area (Å²) in [6.07, 6.45) is 1.51. The maximum atomic E-state index is 12.0. The number of carbonyl (C=O) groups excluding carboxylic acids is 2. The quantitative estimate of drug-likeness (QED) is 0.848. The van der Waals surface area contributed by atoms with Gasteiger partial charge in [0.05, 0.1) is 0 Å². The largest absolute Gasteiger partial charge is 0.368 e.